The molecule has 0 bridgehead atoms. The molecule has 0 spiro atoms. The summed E-state index contributed by atoms with van der Waals surface area (Å²) in [7, 11) is 0. The third kappa shape index (κ3) is 3.00. The number of benzene rings is 2. The highest BCUT2D eigenvalue weighted by atomic mass is 16.5. The number of anilines is 1. The molecule has 1 heterocycles. The summed E-state index contributed by atoms with van der Waals surface area (Å²) in [5.41, 5.74) is 2.85. The van der Waals surface area contributed by atoms with Crippen LogP contribution in [0.1, 0.15) is 26.3 Å². The summed E-state index contributed by atoms with van der Waals surface area (Å²) < 4.78 is 5.64. The molecule has 0 atom stereocenters. The van der Waals surface area contributed by atoms with Crippen molar-refractivity contribution in [2.75, 3.05) is 11.5 Å². The summed E-state index contributed by atoms with van der Waals surface area (Å²) in [6.45, 7) is 6.21. The van der Waals surface area contributed by atoms with Crippen LogP contribution in [-0.2, 0) is 4.79 Å². The van der Waals surface area contributed by atoms with Crippen molar-refractivity contribution in [1.29, 1.82) is 0 Å². The normalized spacial score (nSPS) is 15.6. The summed E-state index contributed by atoms with van der Waals surface area (Å²) in [5.74, 6) is 0.658. The lowest BCUT2D eigenvalue weighted by Crippen LogP contribution is -2.50. The van der Waals surface area contributed by atoms with Gasteiger partial charge >= 0.3 is 0 Å². The molecule has 3 heteroatoms. The van der Waals surface area contributed by atoms with E-state index in [9.17, 15) is 4.79 Å². The molecule has 118 valence electrons. The zero-order valence-corrected chi connectivity index (χ0v) is 13.7. The van der Waals surface area contributed by atoms with Gasteiger partial charge in [0, 0.05) is 5.56 Å². The number of rotatable bonds is 3. The first-order valence-corrected chi connectivity index (χ1v) is 7.79. The minimum absolute atomic E-state index is 0.0225. The monoisotopic (exact) mass is 307 g/mol. The number of allylic oxidation sites excluding steroid dienone is 1. The fourth-order valence-electron chi connectivity index (χ4n) is 3.17. The van der Waals surface area contributed by atoms with Gasteiger partial charge in [0.15, 0.2) is 6.61 Å². The maximum Gasteiger partial charge on any atom is 0.265 e. The van der Waals surface area contributed by atoms with Gasteiger partial charge in [0.1, 0.15) is 5.75 Å². The van der Waals surface area contributed by atoms with Gasteiger partial charge in [-0.15, -0.1) is 0 Å². The molecule has 0 saturated carbocycles. The Hall–Kier alpha value is -2.55. The molecule has 3 rings (SSSR count). The highest BCUT2D eigenvalue weighted by molar-refractivity contribution is 6.01. The summed E-state index contributed by atoms with van der Waals surface area (Å²) >= 11 is 0. The average molecular weight is 307 g/mol. The van der Waals surface area contributed by atoms with Gasteiger partial charge in [-0.1, -0.05) is 42.5 Å². The number of ether oxygens (including phenoxy) is 1. The Labute approximate surface area is 137 Å². The second kappa shape index (κ2) is 5.92. The van der Waals surface area contributed by atoms with Crippen molar-refractivity contribution in [3.8, 4) is 5.75 Å². The predicted octanol–water partition coefficient (Wildman–Crippen LogP) is 4.29. The van der Waals surface area contributed by atoms with E-state index in [2.05, 4.69) is 19.1 Å². The van der Waals surface area contributed by atoms with Crippen LogP contribution in [0.2, 0.25) is 0 Å². The Bertz CT molecular complexity index is 747. The molecule has 3 nitrogen and oxygen atoms in total. The van der Waals surface area contributed by atoms with Crippen LogP contribution < -0.4 is 9.64 Å². The van der Waals surface area contributed by atoms with Crippen molar-refractivity contribution in [3.05, 3.63) is 66.2 Å². The minimum atomic E-state index is -0.379. The van der Waals surface area contributed by atoms with Crippen LogP contribution >= 0.6 is 0 Å². The summed E-state index contributed by atoms with van der Waals surface area (Å²) in [5, 5.41) is 0. The van der Waals surface area contributed by atoms with Gasteiger partial charge in [-0.05, 0) is 44.5 Å². The van der Waals surface area contributed by atoms with E-state index in [0.29, 0.717) is 5.75 Å². The predicted molar refractivity (Wildman–Crippen MR) is 93.6 cm³/mol. The smallest absolute Gasteiger partial charge is 0.265 e. The van der Waals surface area contributed by atoms with Gasteiger partial charge in [0.25, 0.3) is 5.91 Å². The van der Waals surface area contributed by atoms with E-state index in [1.54, 1.807) is 0 Å². The Morgan fingerprint density at radius 3 is 2.43 bits per heavy atom. The molecule has 1 aliphatic rings. The topological polar surface area (TPSA) is 29.5 Å². The van der Waals surface area contributed by atoms with Gasteiger partial charge in [0.05, 0.1) is 11.2 Å². The number of nitrogens with zero attached hydrogens (tertiary/aromatic N) is 1. The largest absolute Gasteiger partial charge is 0.484 e. The highest BCUT2D eigenvalue weighted by Crippen LogP contribution is 2.38. The minimum Gasteiger partial charge on any atom is -0.484 e. The van der Waals surface area contributed by atoms with Gasteiger partial charge in [-0.3, -0.25) is 9.69 Å². The standard InChI is InChI=1S/C20H21NO2/c1-15-13-20(2,3)21(18-12-8-7-11-17(15)18)19(22)14-23-16-9-5-4-6-10-16/h4-13H,14H2,1-3H3. The number of fused-ring (bicyclic) bond motifs is 1. The van der Waals surface area contributed by atoms with Crippen LogP contribution in [0.3, 0.4) is 0 Å². The van der Waals surface area contributed by atoms with Crippen LogP contribution in [0.5, 0.6) is 5.75 Å². The fraction of sp³-hybridized carbons (Fsp3) is 0.250. The van der Waals surface area contributed by atoms with E-state index >= 15 is 0 Å². The molecular weight excluding hydrogens is 286 g/mol. The molecule has 0 fully saturated rings. The molecule has 0 unspecified atom stereocenters. The molecule has 0 radical (unpaired) electrons. The molecule has 1 amide bonds. The number of carbonyl (C=O) groups excluding carboxylic acids is 1. The molecule has 0 saturated heterocycles. The first-order chi connectivity index (χ1) is 11.0. The van der Waals surface area contributed by atoms with Crippen molar-refractivity contribution in [1.82, 2.24) is 0 Å². The zero-order valence-electron chi connectivity index (χ0n) is 13.7. The van der Waals surface area contributed by atoms with Crippen molar-refractivity contribution in [2.24, 2.45) is 0 Å². The molecule has 0 aromatic heterocycles. The summed E-state index contributed by atoms with van der Waals surface area (Å²) in [6, 6.07) is 17.4. The van der Waals surface area contributed by atoms with Crippen LogP contribution in [0.15, 0.2) is 60.7 Å². The van der Waals surface area contributed by atoms with Gasteiger partial charge in [0.2, 0.25) is 0 Å². The molecule has 1 aliphatic heterocycles. The van der Waals surface area contributed by atoms with Crippen LogP contribution in [0.4, 0.5) is 5.69 Å². The fourth-order valence-corrected chi connectivity index (χ4v) is 3.17. The Morgan fingerprint density at radius 2 is 1.70 bits per heavy atom. The van der Waals surface area contributed by atoms with Crippen molar-refractivity contribution < 1.29 is 9.53 Å². The van der Waals surface area contributed by atoms with Crippen molar-refractivity contribution >= 4 is 17.2 Å². The summed E-state index contributed by atoms with van der Waals surface area (Å²) in [6.07, 6.45) is 2.13. The van der Waals surface area contributed by atoms with E-state index in [4.69, 9.17) is 4.74 Å². The number of hydrogen-bond acceptors (Lipinski definition) is 2. The Morgan fingerprint density at radius 1 is 1.04 bits per heavy atom. The van der Waals surface area contributed by atoms with Crippen LogP contribution in [0, 0.1) is 0 Å². The highest BCUT2D eigenvalue weighted by Gasteiger charge is 2.35. The second-order valence-corrected chi connectivity index (χ2v) is 6.33. The molecule has 2 aromatic carbocycles. The maximum atomic E-state index is 12.8. The third-order valence-corrected chi connectivity index (χ3v) is 4.07. The molecule has 0 aliphatic carbocycles. The van der Waals surface area contributed by atoms with Gasteiger partial charge < -0.3 is 4.74 Å². The third-order valence-electron chi connectivity index (χ3n) is 4.07. The number of amides is 1. The second-order valence-electron chi connectivity index (χ2n) is 6.33. The maximum absolute atomic E-state index is 12.8. The number of carbonyl (C=O) groups is 1. The zero-order chi connectivity index (χ0) is 16.4. The Kier molecular flexibility index (Phi) is 3.95. The number of hydrogen-bond donors (Lipinski definition) is 0. The first-order valence-electron chi connectivity index (χ1n) is 7.79. The molecule has 2 aromatic rings. The number of para-hydroxylation sites is 2. The first kappa shape index (κ1) is 15.3. The van der Waals surface area contributed by atoms with E-state index in [1.165, 1.54) is 5.57 Å². The quantitative estimate of drug-likeness (QED) is 0.846. The molecule has 0 N–H and O–H groups in total. The molecule has 23 heavy (non-hydrogen) atoms. The molecular formula is C20H21NO2. The van der Waals surface area contributed by atoms with E-state index < -0.39 is 0 Å². The van der Waals surface area contributed by atoms with Crippen molar-refractivity contribution in [2.45, 2.75) is 26.3 Å². The van der Waals surface area contributed by atoms with E-state index in [0.717, 1.165) is 11.3 Å². The Balaban J connectivity index is 1.87. The lowest BCUT2D eigenvalue weighted by molar-refractivity contribution is -0.121. The van der Waals surface area contributed by atoms with Gasteiger partial charge in [-0.2, -0.15) is 0 Å². The summed E-state index contributed by atoms with van der Waals surface area (Å²) in [4.78, 5) is 14.7. The lowest BCUT2D eigenvalue weighted by atomic mass is 9.89. The SMILES string of the molecule is CC1=CC(C)(C)N(C(=O)COc2ccccc2)c2ccccc21. The average Bonchev–Trinajstić information content (AvgIpc) is 2.53. The van der Waals surface area contributed by atoms with E-state index in [-0.39, 0.29) is 18.1 Å². The van der Waals surface area contributed by atoms with Crippen molar-refractivity contribution in [3.63, 3.8) is 0 Å². The van der Waals surface area contributed by atoms with Crippen LogP contribution in [0.25, 0.3) is 5.57 Å². The van der Waals surface area contributed by atoms with Crippen LogP contribution in [-0.4, -0.2) is 18.1 Å². The lowest BCUT2D eigenvalue weighted by Gasteiger charge is -2.41. The van der Waals surface area contributed by atoms with E-state index in [1.807, 2.05) is 67.3 Å². The van der Waals surface area contributed by atoms with Gasteiger partial charge in [-0.25, -0.2) is 0 Å².